The Bertz CT molecular complexity index is 1010. The molecule has 135 valence electrons. The minimum atomic E-state index is 0.269. The predicted molar refractivity (Wildman–Crippen MR) is 117 cm³/mol. The van der Waals surface area contributed by atoms with Gasteiger partial charge >= 0.3 is 0 Å². The van der Waals surface area contributed by atoms with Crippen molar-refractivity contribution in [3.8, 4) is 0 Å². The van der Waals surface area contributed by atoms with E-state index in [1.807, 2.05) is 0 Å². The van der Waals surface area contributed by atoms with Crippen LogP contribution in [0.1, 0.15) is 37.5 Å². The fourth-order valence-electron chi connectivity index (χ4n) is 4.42. The number of rotatable bonds is 1. The average Bonchev–Trinajstić information content (AvgIpc) is 2.69. The van der Waals surface area contributed by atoms with Gasteiger partial charge in [0, 0.05) is 11.4 Å². The van der Waals surface area contributed by atoms with E-state index in [1.165, 1.54) is 55.6 Å². The lowest BCUT2D eigenvalue weighted by Gasteiger charge is -2.40. The van der Waals surface area contributed by atoms with Crippen molar-refractivity contribution < 1.29 is 0 Å². The van der Waals surface area contributed by atoms with Crippen molar-refractivity contribution in [1.29, 1.82) is 0 Å². The highest BCUT2D eigenvalue weighted by atomic mass is 28.1. The smallest absolute Gasteiger partial charge is 0.0716 e. The summed E-state index contributed by atoms with van der Waals surface area (Å²) in [5.41, 5.74) is 12.2. The maximum atomic E-state index is 3.93. The van der Waals surface area contributed by atoms with Gasteiger partial charge in [0.2, 0.25) is 0 Å². The summed E-state index contributed by atoms with van der Waals surface area (Å²) in [4.78, 5) is 2.51. The topological polar surface area (TPSA) is 3.24 Å². The lowest BCUT2D eigenvalue weighted by molar-refractivity contribution is 0.795. The Labute approximate surface area is 166 Å². The Hall–Kier alpha value is -2.32. The molecule has 0 unspecified atom stereocenters. The van der Waals surface area contributed by atoms with Crippen molar-refractivity contribution in [2.24, 2.45) is 0 Å². The standard InChI is InChI=1S/C25H26NSi/c1-15-6-10-21(11-7-15)26-19(5)24-17(3)18(4)25(24)23(27)13-9-20-14-16(2)8-12-22(20)26/h6-8,10-14,19H,9H2,1-5H3/b23-13+/t19-/m1/s1. The molecule has 0 fully saturated rings. The Kier molecular flexibility index (Phi) is 4.47. The third kappa shape index (κ3) is 2.92. The highest BCUT2D eigenvalue weighted by Gasteiger charge is 2.33. The highest BCUT2D eigenvalue weighted by Crippen LogP contribution is 2.45. The zero-order valence-electron chi connectivity index (χ0n) is 16.9. The number of aryl methyl sites for hydroxylation is 2. The Morgan fingerprint density at radius 2 is 1.56 bits per heavy atom. The molecule has 0 aromatic heterocycles. The summed E-state index contributed by atoms with van der Waals surface area (Å²) in [5.74, 6) is 0. The van der Waals surface area contributed by atoms with E-state index in [9.17, 15) is 0 Å². The summed E-state index contributed by atoms with van der Waals surface area (Å²) in [7, 11) is 3.93. The van der Waals surface area contributed by atoms with Gasteiger partial charge < -0.3 is 4.90 Å². The van der Waals surface area contributed by atoms with E-state index in [0.717, 1.165) is 6.42 Å². The third-order valence-corrected chi connectivity index (χ3v) is 6.47. The summed E-state index contributed by atoms with van der Waals surface area (Å²) >= 11 is 0. The van der Waals surface area contributed by atoms with Crippen molar-refractivity contribution in [1.82, 2.24) is 0 Å². The first-order chi connectivity index (χ1) is 12.9. The summed E-state index contributed by atoms with van der Waals surface area (Å²) < 4.78 is 0. The Morgan fingerprint density at radius 3 is 2.26 bits per heavy atom. The number of hydrogen-bond donors (Lipinski definition) is 0. The van der Waals surface area contributed by atoms with Gasteiger partial charge in [-0.25, -0.2) is 0 Å². The van der Waals surface area contributed by atoms with Gasteiger partial charge in [0.1, 0.15) is 0 Å². The van der Waals surface area contributed by atoms with Crippen LogP contribution in [-0.2, 0) is 6.42 Å². The molecule has 1 aliphatic carbocycles. The molecule has 3 radical (unpaired) electrons. The van der Waals surface area contributed by atoms with Crippen LogP contribution in [0, 0.1) is 13.8 Å². The van der Waals surface area contributed by atoms with Crippen LogP contribution in [0.4, 0.5) is 11.4 Å². The first-order valence-electron chi connectivity index (χ1n) is 9.68. The number of fused-ring (bicyclic) bond motifs is 2. The summed E-state index contributed by atoms with van der Waals surface area (Å²) in [6, 6.07) is 16.0. The van der Waals surface area contributed by atoms with E-state index >= 15 is 0 Å². The number of anilines is 2. The molecule has 0 N–H and O–H groups in total. The summed E-state index contributed by atoms with van der Waals surface area (Å²) in [6.45, 7) is 11.1. The maximum absolute atomic E-state index is 3.93. The third-order valence-electron chi connectivity index (χ3n) is 6.02. The summed E-state index contributed by atoms with van der Waals surface area (Å²) in [6.07, 6.45) is 3.25. The SMILES string of the molecule is CC1=C2C(=C1C)[C@@H](C)N(c1ccc(C)cc1)c1ccc(C)cc1C/C=C\2[Si]. The van der Waals surface area contributed by atoms with Crippen LogP contribution in [0.5, 0.6) is 0 Å². The van der Waals surface area contributed by atoms with Crippen LogP contribution in [-0.4, -0.2) is 16.3 Å². The number of allylic oxidation sites excluding steroid dienone is 4. The Morgan fingerprint density at radius 1 is 0.889 bits per heavy atom. The molecule has 27 heavy (non-hydrogen) atoms. The quantitative estimate of drug-likeness (QED) is 0.551. The molecule has 4 rings (SSSR count). The fourth-order valence-corrected chi connectivity index (χ4v) is 4.84. The van der Waals surface area contributed by atoms with Crippen molar-refractivity contribution in [3.63, 3.8) is 0 Å². The largest absolute Gasteiger partial charge is 0.334 e. The minimum absolute atomic E-state index is 0.269. The van der Waals surface area contributed by atoms with Gasteiger partial charge in [0.05, 0.1) is 16.3 Å². The molecule has 1 nitrogen and oxygen atoms in total. The molecule has 2 aromatic carbocycles. The lowest BCUT2D eigenvalue weighted by Crippen LogP contribution is -2.35. The van der Waals surface area contributed by atoms with E-state index in [2.05, 4.69) is 98.3 Å². The van der Waals surface area contributed by atoms with Crippen LogP contribution in [0.2, 0.25) is 0 Å². The second-order valence-electron chi connectivity index (χ2n) is 7.87. The van der Waals surface area contributed by atoms with E-state index in [1.54, 1.807) is 0 Å². The average molecular weight is 369 g/mol. The van der Waals surface area contributed by atoms with Crippen molar-refractivity contribution in [3.05, 3.63) is 92.7 Å². The van der Waals surface area contributed by atoms with Crippen LogP contribution >= 0.6 is 0 Å². The second kappa shape index (κ2) is 6.69. The molecule has 2 heteroatoms. The van der Waals surface area contributed by atoms with Gasteiger partial charge in [0.25, 0.3) is 0 Å². The number of benzene rings is 2. The van der Waals surface area contributed by atoms with Crippen molar-refractivity contribution in [2.75, 3.05) is 4.90 Å². The zero-order valence-corrected chi connectivity index (χ0v) is 17.9. The van der Waals surface area contributed by atoms with E-state index in [-0.39, 0.29) is 6.04 Å². The molecule has 0 saturated carbocycles. The zero-order chi connectivity index (χ0) is 19.3. The minimum Gasteiger partial charge on any atom is -0.334 e. The molecule has 0 bridgehead atoms. The number of hydrogen-bond acceptors (Lipinski definition) is 1. The molecule has 1 heterocycles. The van der Waals surface area contributed by atoms with E-state index in [4.69, 9.17) is 0 Å². The van der Waals surface area contributed by atoms with Gasteiger partial charge in [-0.15, -0.1) is 0 Å². The summed E-state index contributed by atoms with van der Waals surface area (Å²) in [5, 5.41) is 1.22. The molecular formula is C25H26NSi. The number of nitrogens with zero attached hydrogens (tertiary/aromatic N) is 1. The predicted octanol–water partition coefficient (Wildman–Crippen LogP) is 6.09. The van der Waals surface area contributed by atoms with Gasteiger partial charge in [0.15, 0.2) is 0 Å². The van der Waals surface area contributed by atoms with Crippen LogP contribution in [0.3, 0.4) is 0 Å². The van der Waals surface area contributed by atoms with Gasteiger partial charge in [-0.3, -0.25) is 0 Å². The molecule has 1 aliphatic heterocycles. The fraction of sp³-hybridized carbons (Fsp3) is 0.280. The van der Waals surface area contributed by atoms with Crippen LogP contribution in [0.25, 0.3) is 0 Å². The lowest BCUT2D eigenvalue weighted by atomic mass is 9.77. The van der Waals surface area contributed by atoms with E-state index < -0.39 is 0 Å². The second-order valence-corrected chi connectivity index (χ2v) is 8.41. The van der Waals surface area contributed by atoms with Crippen LogP contribution < -0.4 is 4.90 Å². The highest BCUT2D eigenvalue weighted by molar-refractivity contribution is 6.25. The normalized spacial score (nSPS) is 21.5. The van der Waals surface area contributed by atoms with Gasteiger partial charge in [-0.1, -0.05) is 46.7 Å². The molecule has 1 atom stereocenters. The first kappa shape index (κ1) is 18.1. The van der Waals surface area contributed by atoms with Gasteiger partial charge in [-0.2, -0.15) is 0 Å². The van der Waals surface area contributed by atoms with Gasteiger partial charge in [-0.05, 0) is 87.1 Å². The van der Waals surface area contributed by atoms with E-state index in [0.29, 0.717) is 0 Å². The molecular weight excluding hydrogens is 342 g/mol. The molecule has 0 spiro atoms. The Balaban J connectivity index is 1.95. The van der Waals surface area contributed by atoms with Crippen LogP contribution in [0.15, 0.2) is 76.0 Å². The maximum Gasteiger partial charge on any atom is 0.0716 e. The van der Waals surface area contributed by atoms with Crippen molar-refractivity contribution >= 4 is 21.6 Å². The molecule has 0 amide bonds. The molecule has 0 saturated heterocycles. The molecule has 2 aromatic rings. The monoisotopic (exact) mass is 368 g/mol. The molecule has 2 aliphatic rings. The van der Waals surface area contributed by atoms with Crippen molar-refractivity contribution in [2.45, 2.75) is 47.1 Å². The first-order valence-corrected chi connectivity index (χ1v) is 10.2.